The molecular weight excluding hydrogens is 236 g/mol. The van der Waals surface area contributed by atoms with E-state index in [4.69, 9.17) is 0 Å². The van der Waals surface area contributed by atoms with Crippen molar-refractivity contribution in [3.8, 4) is 0 Å². The van der Waals surface area contributed by atoms with E-state index < -0.39 is 11.5 Å². The Balaban J connectivity index is 2.40. The average Bonchev–Trinajstić information content (AvgIpc) is 2.48. The van der Waals surface area contributed by atoms with Gasteiger partial charge in [-0.05, 0) is 17.5 Å². The van der Waals surface area contributed by atoms with Gasteiger partial charge in [-0.1, -0.05) is 67.6 Å². The SMILES string of the molecule is CC(CCO)(c1ccccc1)C(O)c1ccccc1. The lowest BCUT2D eigenvalue weighted by Crippen LogP contribution is -2.31. The molecule has 0 amide bonds. The van der Waals surface area contributed by atoms with Gasteiger partial charge < -0.3 is 10.2 Å². The predicted molar refractivity (Wildman–Crippen MR) is 76.9 cm³/mol. The van der Waals surface area contributed by atoms with Crippen LogP contribution in [0.1, 0.15) is 30.6 Å². The highest BCUT2D eigenvalue weighted by atomic mass is 16.3. The Bertz CT molecular complexity index is 495. The first-order chi connectivity index (χ1) is 9.18. The second-order valence-electron chi connectivity index (χ2n) is 5.07. The molecule has 19 heavy (non-hydrogen) atoms. The van der Waals surface area contributed by atoms with Gasteiger partial charge in [0.1, 0.15) is 0 Å². The van der Waals surface area contributed by atoms with Crippen molar-refractivity contribution in [3.63, 3.8) is 0 Å². The Kier molecular flexibility index (Phi) is 4.35. The molecule has 0 aliphatic carbocycles. The van der Waals surface area contributed by atoms with E-state index in [1.54, 1.807) is 0 Å². The lowest BCUT2D eigenvalue weighted by atomic mass is 9.73. The van der Waals surface area contributed by atoms with Crippen LogP contribution in [0.15, 0.2) is 60.7 Å². The van der Waals surface area contributed by atoms with Crippen LogP contribution in [-0.4, -0.2) is 16.8 Å². The van der Waals surface area contributed by atoms with Crippen molar-refractivity contribution in [1.29, 1.82) is 0 Å². The second kappa shape index (κ2) is 6.00. The Morgan fingerprint density at radius 1 is 0.947 bits per heavy atom. The molecule has 0 bridgehead atoms. The number of benzene rings is 2. The molecule has 2 aromatic carbocycles. The van der Waals surface area contributed by atoms with Gasteiger partial charge in [0.15, 0.2) is 0 Å². The van der Waals surface area contributed by atoms with E-state index in [1.807, 2.05) is 67.6 Å². The normalized spacial score (nSPS) is 15.7. The van der Waals surface area contributed by atoms with Gasteiger partial charge in [-0.25, -0.2) is 0 Å². The van der Waals surface area contributed by atoms with E-state index in [0.29, 0.717) is 6.42 Å². The van der Waals surface area contributed by atoms with Gasteiger partial charge in [-0.3, -0.25) is 0 Å². The van der Waals surface area contributed by atoms with Gasteiger partial charge in [0, 0.05) is 12.0 Å². The Morgan fingerprint density at radius 2 is 1.47 bits per heavy atom. The maximum absolute atomic E-state index is 10.7. The topological polar surface area (TPSA) is 40.5 Å². The summed E-state index contributed by atoms with van der Waals surface area (Å²) in [6.45, 7) is 2.05. The lowest BCUT2D eigenvalue weighted by molar-refractivity contribution is 0.0706. The predicted octanol–water partition coefficient (Wildman–Crippen LogP) is 3.06. The zero-order valence-electron chi connectivity index (χ0n) is 11.2. The van der Waals surface area contributed by atoms with Crippen molar-refractivity contribution < 1.29 is 10.2 Å². The summed E-state index contributed by atoms with van der Waals surface area (Å²) in [5, 5.41) is 20.1. The van der Waals surface area contributed by atoms with E-state index in [1.165, 1.54) is 0 Å². The third-order valence-electron chi connectivity index (χ3n) is 3.78. The molecule has 2 N–H and O–H groups in total. The first-order valence-corrected chi connectivity index (χ1v) is 6.58. The molecule has 2 nitrogen and oxygen atoms in total. The molecule has 100 valence electrons. The fourth-order valence-corrected chi connectivity index (χ4v) is 2.49. The maximum atomic E-state index is 10.7. The zero-order valence-corrected chi connectivity index (χ0v) is 11.2. The molecule has 2 aromatic rings. The van der Waals surface area contributed by atoms with Gasteiger partial charge in [-0.15, -0.1) is 0 Å². The fraction of sp³-hybridized carbons (Fsp3) is 0.294. The lowest BCUT2D eigenvalue weighted by Gasteiger charge is -2.35. The van der Waals surface area contributed by atoms with Gasteiger partial charge >= 0.3 is 0 Å². The first kappa shape index (κ1) is 13.8. The van der Waals surface area contributed by atoms with Crippen LogP contribution in [0.2, 0.25) is 0 Å². The van der Waals surface area contributed by atoms with Crippen LogP contribution < -0.4 is 0 Å². The summed E-state index contributed by atoms with van der Waals surface area (Å²) in [6.07, 6.45) is -0.115. The summed E-state index contributed by atoms with van der Waals surface area (Å²) in [6, 6.07) is 19.5. The monoisotopic (exact) mass is 256 g/mol. The van der Waals surface area contributed by atoms with Crippen LogP contribution in [0, 0.1) is 0 Å². The third kappa shape index (κ3) is 2.86. The summed E-state index contributed by atoms with van der Waals surface area (Å²) in [4.78, 5) is 0. The molecule has 0 radical (unpaired) electrons. The average molecular weight is 256 g/mol. The smallest absolute Gasteiger partial charge is 0.0884 e. The van der Waals surface area contributed by atoms with Crippen molar-refractivity contribution in [1.82, 2.24) is 0 Å². The number of hydrogen-bond donors (Lipinski definition) is 2. The van der Waals surface area contributed by atoms with E-state index in [9.17, 15) is 10.2 Å². The molecule has 0 saturated carbocycles. The quantitative estimate of drug-likeness (QED) is 0.863. The van der Waals surface area contributed by atoms with E-state index in [-0.39, 0.29) is 6.61 Å². The van der Waals surface area contributed by atoms with Crippen LogP contribution in [-0.2, 0) is 5.41 Å². The van der Waals surface area contributed by atoms with Crippen molar-refractivity contribution in [2.45, 2.75) is 24.9 Å². The number of hydrogen-bond acceptors (Lipinski definition) is 2. The summed E-state index contributed by atoms with van der Waals surface area (Å²) < 4.78 is 0. The number of aliphatic hydroxyl groups is 2. The standard InChI is InChI=1S/C17H20O2/c1-17(12-13-18,15-10-6-3-7-11-15)16(19)14-8-4-2-5-9-14/h2-11,16,18-19H,12-13H2,1H3. The largest absolute Gasteiger partial charge is 0.396 e. The molecule has 2 atom stereocenters. The molecule has 0 heterocycles. The van der Waals surface area contributed by atoms with E-state index in [2.05, 4.69) is 0 Å². The Morgan fingerprint density at radius 3 is 2.00 bits per heavy atom. The van der Waals surface area contributed by atoms with Crippen molar-refractivity contribution in [2.24, 2.45) is 0 Å². The maximum Gasteiger partial charge on any atom is 0.0884 e. The van der Waals surface area contributed by atoms with Crippen LogP contribution in [0.3, 0.4) is 0 Å². The molecule has 0 aliphatic rings. The number of rotatable bonds is 5. The summed E-state index contributed by atoms with van der Waals surface area (Å²) in [7, 11) is 0. The third-order valence-corrected chi connectivity index (χ3v) is 3.78. The fourth-order valence-electron chi connectivity index (χ4n) is 2.49. The van der Waals surface area contributed by atoms with E-state index in [0.717, 1.165) is 11.1 Å². The van der Waals surface area contributed by atoms with Gasteiger partial charge in [0.25, 0.3) is 0 Å². The Labute approximate surface area is 114 Å². The van der Waals surface area contributed by atoms with Gasteiger partial charge in [0.2, 0.25) is 0 Å². The minimum atomic E-state index is -0.636. The summed E-state index contributed by atoms with van der Waals surface area (Å²) >= 11 is 0. The van der Waals surface area contributed by atoms with Crippen LogP contribution in [0.25, 0.3) is 0 Å². The highest BCUT2D eigenvalue weighted by Gasteiger charge is 2.35. The van der Waals surface area contributed by atoms with Crippen LogP contribution in [0.4, 0.5) is 0 Å². The molecule has 2 rings (SSSR count). The second-order valence-corrected chi connectivity index (χ2v) is 5.07. The van der Waals surface area contributed by atoms with Crippen molar-refractivity contribution >= 4 is 0 Å². The van der Waals surface area contributed by atoms with Crippen LogP contribution >= 0.6 is 0 Å². The van der Waals surface area contributed by atoms with E-state index >= 15 is 0 Å². The van der Waals surface area contributed by atoms with Crippen LogP contribution in [0.5, 0.6) is 0 Å². The molecule has 0 spiro atoms. The molecule has 0 aliphatic heterocycles. The molecule has 0 fully saturated rings. The molecule has 0 saturated heterocycles. The first-order valence-electron chi connectivity index (χ1n) is 6.58. The van der Waals surface area contributed by atoms with Crippen molar-refractivity contribution in [2.75, 3.05) is 6.61 Å². The van der Waals surface area contributed by atoms with Crippen molar-refractivity contribution in [3.05, 3.63) is 71.8 Å². The summed E-state index contributed by atoms with van der Waals surface area (Å²) in [5.74, 6) is 0. The zero-order chi connectivity index (χ0) is 13.7. The Hall–Kier alpha value is -1.64. The summed E-state index contributed by atoms with van der Waals surface area (Å²) in [5.41, 5.74) is 1.43. The van der Waals surface area contributed by atoms with Gasteiger partial charge in [-0.2, -0.15) is 0 Å². The minimum absolute atomic E-state index is 0.0509. The molecule has 2 unspecified atom stereocenters. The highest BCUT2D eigenvalue weighted by Crippen LogP contribution is 2.39. The molecule has 2 heteroatoms. The van der Waals surface area contributed by atoms with Gasteiger partial charge in [0.05, 0.1) is 6.10 Å². The molecular formula is C17H20O2. The highest BCUT2D eigenvalue weighted by molar-refractivity contribution is 5.31. The minimum Gasteiger partial charge on any atom is -0.396 e. The number of aliphatic hydroxyl groups excluding tert-OH is 2. The molecule has 0 aromatic heterocycles.